The summed E-state index contributed by atoms with van der Waals surface area (Å²) in [6.45, 7) is 9.07. The third kappa shape index (κ3) is 7.06. The van der Waals surface area contributed by atoms with Crippen molar-refractivity contribution in [1.82, 2.24) is 5.32 Å². The van der Waals surface area contributed by atoms with E-state index in [4.69, 9.17) is 34.7 Å². The monoisotopic (exact) mass is 595 g/mol. The number of hydrogen-bond donors (Lipinski definition) is 4. The molecule has 218 valence electrons. The van der Waals surface area contributed by atoms with E-state index >= 15 is 8.78 Å². The van der Waals surface area contributed by atoms with Crippen molar-refractivity contribution >= 4 is 41.2 Å². The van der Waals surface area contributed by atoms with Gasteiger partial charge in [0.1, 0.15) is 23.2 Å². The molecular weight excluding hydrogens is 559 g/mol. The van der Waals surface area contributed by atoms with Gasteiger partial charge < -0.3 is 21.9 Å². The lowest BCUT2D eigenvalue weighted by Gasteiger charge is -2.40. The molecule has 1 heterocycles. The highest BCUT2D eigenvalue weighted by molar-refractivity contribution is 6.31. The summed E-state index contributed by atoms with van der Waals surface area (Å²) in [6.07, 6.45) is 2.54. The highest BCUT2D eigenvalue weighted by atomic mass is 35.5. The average Bonchev–Trinajstić information content (AvgIpc) is 3.12. The van der Waals surface area contributed by atoms with Crippen LogP contribution in [0.1, 0.15) is 70.9 Å². The number of carbonyl (C=O) groups excluding carboxylic acids is 1. The molecule has 0 aromatic heterocycles. The maximum Gasteiger partial charge on any atom is 0.265 e. The largest absolute Gasteiger partial charge is 0.387 e. The van der Waals surface area contributed by atoms with E-state index in [1.54, 1.807) is 6.07 Å². The van der Waals surface area contributed by atoms with Gasteiger partial charge in [0.05, 0.1) is 16.6 Å². The Hall–Kier alpha value is -2.43. The zero-order valence-corrected chi connectivity index (χ0v) is 24.8. The van der Waals surface area contributed by atoms with Gasteiger partial charge in [0.2, 0.25) is 0 Å². The van der Waals surface area contributed by atoms with E-state index in [0.717, 1.165) is 12.5 Å². The van der Waals surface area contributed by atoms with Crippen molar-refractivity contribution in [2.45, 2.75) is 83.1 Å². The second-order valence-corrected chi connectivity index (χ2v) is 12.4. The van der Waals surface area contributed by atoms with Crippen LogP contribution in [0.25, 0.3) is 0 Å². The molecule has 2 aromatic rings. The molecule has 11 heteroatoms. The number of nitrogens with two attached hydrogens (primary N) is 2. The summed E-state index contributed by atoms with van der Waals surface area (Å²) in [7, 11) is 0. The van der Waals surface area contributed by atoms with Crippen molar-refractivity contribution in [3.63, 3.8) is 0 Å². The molecule has 6 N–H and O–H groups in total. The number of hydrogen-bond acceptors (Lipinski definition) is 5. The molecule has 4 atom stereocenters. The number of halogens is 4. The molecule has 7 nitrogen and oxygen atoms in total. The predicted molar refractivity (Wildman–Crippen MR) is 157 cm³/mol. The third-order valence-electron chi connectivity index (χ3n) is 7.46. The Balaban J connectivity index is 2.22. The van der Waals surface area contributed by atoms with Crippen molar-refractivity contribution in [1.29, 1.82) is 0 Å². The predicted octanol–water partition coefficient (Wildman–Crippen LogP) is 5.45. The fourth-order valence-electron chi connectivity index (χ4n) is 5.09. The Labute approximate surface area is 244 Å². The van der Waals surface area contributed by atoms with Crippen LogP contribution in [-0.4, -0.2) is 40.9 Å². The molecule has 2 aromatic carbocycles. The average molecular weight is 597 g/mol. The molecule has 1 aliphatic heterocycles. The third-order valence-corrected chi connectivity index (χ3v) is 7.99. The molecule has 1 aliphatic rings. The van der Waals surface area contributed by atoms with Gasteiger partial charge in [-0.25, -0.2) is 8.78 Å². The lowest BCUT2D eigenvalue weighted by atomic mass is 9.67. The summed E-state index contributed by atoms with van der Waals surface area (Å²) in [5, 5.41) is 13.1. The first kappa shape index (κ1) is 32.1. The molecule has 1 saturated heterocycles. The van der Waals surface area contributed by atoms with Gasteiger partial charge >= 0.3 is 0 Å². The second-order valence-electron chi connectivity index (χ2n) is 11.5. The van der Waals surface area contributed by atoms with E-state index in [9.17, 15) is 9.90 Å². The van der Waals surface area contributed by atoms with Gasteiger partial charge in [-0.05, 0) is 49.4 Å². The summed E-state index contributed by atoms with van der Waals surface area (Å²) >= 11 is 12.2. The summed E-state index contributed by atoms with van der Waals surface area (Å²) in [4.78, 5) is 21.7. The highest BCUT2D eigenvalue weighted by Gasteiger charge is 2.58. The molecule has 1 amide bonds. The van der Waals surface area contributed by atoms with Crippen LogP contribution < -0.4 is 16.8 Å². The fourth-order valence-corrected chi connectivity index (χ4v) is 5.44. The van der Waals surface area contributed by atoms with Crippen LogP contribution >= 0.6 is 23.2 Å². The normalized spacial score (nSPS) is 24.2. The van der Waals surface area contributed by atoms with E-state index in [1.165, 1.54) is 44.3 Å². The number of aliphatic imine (C=N–C) groups is 2. The van der Waals surface area contributed by atoms with Gasteiger partial charge in [-0.3, -0.25) is 9.79 Å². The quantitative estimate of drug-likeness (QED) is 0.226. The van der Waals surface area contributed by atoms with Crippen LogP contribution in [0, 0.1) is 17.0 Å². The van der Waals surface area contributed by atoms with Crippen LogP contribution in [0.5, 0.6) is 0 Å². The van der Waals surface area contributed by atoms with Gasteiger partial charge in [-0.1, -0.05) is 68.6 Å². The van der Waals surface area contributed by atoms with E-state index in [-0.39, 0.29) is 38.8 Å². The van der Waals surface area contributed by atoms with Crippen LogP contribution in [0.3, 0.4) is 0 Å². The van der Waals surface area contributed by atoms with Crippen molar-refractivity contribution < 1.29 is 18.7 Å². The second kappa shape index (κ2) is 12.2. The number of nitrogens with zero attached hydrogens (tertiary/aromatic N) is 2. The Morgan fingerprint density at radius 1 is 1.20 bits per heavy atom. The number of rotatable bonds is 9. The minimum Gasteiger partial charge on any atom is -0.387 e. The molecule has 0 spiro atoms. The first-order valence-electron chi connectivity index (χ1n) is 13.1. The lowest BCUT2D eigenvalue weighted by molar-refractivity contribution is -0.119. The molecular formula is C29H37Cl2F2N5O2. The van der Waals surface area contributed by atoms with Crippen molar-refractivity contribution in [3.05, 3.63) is 69.2 Å². The van der Waals surface area contributed by atoms with Gasteiger partial charge in [-0.2, -0.15) is 4.99 Å². The summed E-state index contributed by atoms with van der Waals surface area (Å²) in [6, 6.07) is 6.70. The zero-order valence-electron chi connectivity index (χ0n) is 23.3. The van der Waals surface area contributed by atoms with E-state index in [1.807, 2.05) is 20.8 Å². The zero-order chi connectivity index (χ0) is 30.0. The van der Waals surface area contributed by atoms with Crippen LogP contribution in [0.15, 0.2) is 46.4 Å². The molecule has 0 bridgehead atoms. The maximum atomic E-state index is 15.6. The minimum atomic E-state index is -1.61. The van der Waals surface area contributed by atoms with Crippen molar-refractivity contribution in [2.24, 2.45) is 26.9 Å². The first-order valence-corrected chi connectivity index (χ1v) is 13.8. The molecule has 4 unspecified atom stereocenters. The van der Waals surface area contributed by atoms with E-state index < -0.39 is 46.8 Å². The fraction of sp³-hybridized carbons (Fsp3) is 0.483. The number of benzene rings is 2. The van der Waals surface area contributed by atoms with E-state index in [2.05, 4.69) is 15.3 Å². The van der Waals surface area contributed by atoms with Crippen LogP contribution in [0.4, 0.5) is 8.78 Å². The number of carbonyl (C=O) groups is 1. The van der Waals surface area contributed by atoms with Gasteiger partial charge in [-0.15, -0.1) is 0 Å². The summed E-state index contributed by atoms with van der Waals surface area (Å²) < 4.78 is 31.2. The maximum absolute atomic E-state index is 15.6. The number of aliphatic hydroxyl groups is 1. The number of amidine groups is 1. The Kier molecular flexibility index (Phi) is 9.79. The van der Waals surface area contributed by atoms with E-state index in [0.29, 0.717) is 6.42 Å². The molecule has 0 saturated carbocycles. The first-order chi connectivity index (χ1) is 18.5. The van der Waals surface area contributed by atoms with Crippen molar-refractivity contribution in [3.8, 4) is 0 Å². The van der Waals surface area contributed by atoms with Crippen molar-refractivity contribution in [2.75, 3.05) is 0 Å². The summed E-state index contributed by atoms with van der Waals surface area (Å²) in [5.74, 6) is -3.33. The van der Waals surface area contributed by atoms with Crippen LogP contribution in [-0.2, 0) is 10.3 Å². The smallest absolute Gasteiger partial charge is 0.265 e. The summed E-state index contributed by atoms with van der Waals surface area (Å²) in [5.41, 5.74) is 10.1. The standard InChI is InChI=1S/C29H37Cl2F2N5O2/c1-6-27(2,3)15-21-29(35,18-11-10-16(30)14-20(18)32)23(17-8-7-9-19(31)24(17)33)25(37-21)26(39)38-22(34)12-13-36-28(4,5)40/h7-11,13-14,21,23,25,37,40H,6,12,15,35H2,1-5H3,(H2,34,38,39). The number of nitrogens with one attached hydrogen (secondary N) is 1. The molecule has 0 radical (unpaired) electrons. The molecule has 1 fully saturated rings. The van der Waals surface area contributed by atoms with Gasteiger partial charge in [0, 0.05) is 35.2 Å². The van der Waals surface area contributed by atoms with Gasteiger partial charge in [0.25, 0.3) is 5.91 Å². The minimum absolute atomic E-state index is 0.00941. The molecule has 3 rings (SSSR count). The number of amides is 1. The molecule has 40 heavy (non-hydrogen) atoms. The Bertz CT molecular complexity index is 1310. The topological polar surface area (TPSA) is 126 Å². The Morgan fingerprint density at radius 2 is 1.88 bits per heavy atom. The highest BCUT2D eigenvalue weighted by Crippen LogP contribution is 2.50. The lowest BCUT2D eigenvalue weighted by Crippen LogP contribution is -2.52. The van der Waals surface area contributed by atoms with Gasteiger partial charge in [0.15, 0.2) is 0 Å². The van der Waals surface area contributed by atoms with Crippen LogP contribution in [0.2, 0.25) is 10.0 Å². The molecule has 0 aliphatic carbocycles. The Morgan fingerprint density at radius 3 is 2.48 bits per heavy atom. The SMILES string of the molecule is CCC(C)(C)CC1NC(C(=O)N=C(N)CC=NC(C)(C)O)C(c2cccc(Cl)c2F)C1(N)c1ccc(Cl)cc1F.